The van der Waals surface area contributed by atoms with Crippen LogP contribution in [0, 0.1) is 0 Å². The van der Waals surface area contributed by atoms with E-state index in [1.54, 1.807) is 0 Å². The average molecular weight is 308 g/mol. The molecule has 2 aromatic heterocycles. The summed E-state index contributed by atoms with van der Waals surface area (Å²) in [6.07, 6.45) is 0. The number of hydrogen-bond donors (Lipinski definition) is 1. The van der Waals surface area contributed by atoms with E-state index in [-0.39, 0.29) is 11.1 Å². The predicted octanol–water partition coefficient (Wildman–Crippen LogP) is 3.96. The molecule has 22 heavy (non-hydrogen) atoms. The Morgan fingerprint density at radius 1 is 1.05 bits per heavy atom. The van der Waals surface area contributed by atoms with Crippen molar-refractivity contribution >= 4 is 33.8 Å². The summed E-state index contributed by atoms with van der Waals surface area (Å²) >= 11 is 1.51. The van der Waals surface area contributed by atoms with Crippen LogP contribution in [0.25, 0.3) is 22.1 Å². The van der Waals surface area contributed by atoms with Gasteiger partial charge in [-0.05, 0) is 17.7 Å². The quantitative estimate of drug-likeness (QED) is 0.460. The van der Waals surface area contributed by atoms with E-state index in [1.807, 2.05) is 42.5 Å². The van der Waals surface area contributed by atoms with E-state index in [2.05, 4.69) is 22.1 Å². The predicted molar refractivity (Wildman–Crippen MR) is 88.1 cm³/mol. The molecule has 0 spiro atoms. The second-order valence-corrected chi connectivity index (χ2v) is 5.89. The van der Waals surface area contributed by atoms with Crippen molar-refractivity contribution in [1.82, 2.24) is 9.97 Å². The number of H-pyrrole nitrogens is 1. The molecule has 0 aliphatic heterocycles. The van der Waals surface area contributed by atoms with Crippen LogP contribution >= 0.6 is 11.8 Å². The first kappa shape index (κ1) is 13.2. The molecule has 108 valence electrons. The van der Waals surface area contributed by atoms with Crippen LogP contribution in [0.3, 0.4) is 0 Å². The van der Waals surface area contributed by atoms with E-state index in [0.29, 0.717) is 16.3 Å². The summed E-state index contributed by atoms with van der Waals surface area (Å²) in [5.41, 5.74) is 2.53. The molecule has 4 rings (SSSR count). The molecule has 0 amide bonds. The third kappa shape index (κ3) is 2.29. The Balaban J connectivity index is 1.76. The largest absolute Gasteiger partial charge is 0.449 e. The molecule has 0 saturated heterocycles. The standard InChI is InChI=1S/C17H12N2O2S/c20-16-15-14(12-8-4-5-9-13(12)21-15)18-17(19-16)22-10-11-6-2-1-3-7-11/h1-9H,10H2,(H,18,19,20). The van der Waals surface area contributed by atoms with Crippen LogP contribution in [0.1, 0.15) is 5.56 Å². The fourth-order valence-electron chi connectivity index (χ4n) is 2.37. The Hall–Kier alpha value is -2.53. The lowest BCUT2D eigenvalue weighted by atomic mass is 10.2. The summed E-state index contributed by atoms with van der Waals surface area (Å²) in [6.45, 7) is 0. The van der Waals surface area contributed by atoms with E-state index < -0.39 is 0 Å². The number of furan rings is 1. The molecule has 2 heterocycles. The van der Waals surface area contributed by atoms with E-state index in [1.165, 1.54) is 17.3 Å². The fraction of sp³-hybridized carbons (Fsp3) is 0.0588. The monoisotopic (exact) mass is 308 g/mol. The average Bonchev–Trinajstić information content (AvgIpc) is 2.94. The molecule has 0 saturated carbocycles. The Morgan fingerprint density at radius 2 is 1.82 bits per heavy atom. The number of rotatable bonds is 3. The van der Waals surface area contributed by atoms with Crippen molar-refractivity contribution in [2.24, 2.45) is 0 Å². The normalized spacial score (nSPS) is 11.3. The van der Waals surface area contributed by atoms with E-state index >= 15 is 0 Å². The van der Waals surface area contributed by atoms with Crippen LogP contribution in [-0.2, 0) is 5.75 Å². The third-order valence-corrected chi connectivity index (χ3v) is 4.37. The molecule has 0 radical (unpaired) electrons. The number of nitrogens with zero attached hydrogens (tertiary/aromatic N) is 1. The molecule has 0 unspecified atom stereocenters. The highest BCUT2D eigenvalue weighted by atomic mass is 32.2. The van der Waals surface area contributed by atoms with Crippen LogP contribution in [0.15, 0.2) is 69.0 Å². The molecule has 5 heteroatoms. The zero-order valence-electron chi connectivity index (χ0n) is 11.6. The zero-order valence-corrected chi connectivity index (χ0v) is 12.4. The van der Waals surface area contributed by atoms with Crippen molar-refractivity contribution in [1.29, 1.82) is 0 Å². The van der Waals surface area contributed by atoms with Gasteiger partial charge in [0.05, 0.1) is 0 Å². The third-order valence-electron chi connectivity index (χ3n) is 3.43. The molecule has 0 atom stereocenters. The SMILES string of the molecule is O=c1[nH]c(SCc2ccccc2)nc2c1oc1ccccc12. The molecular formula is C17H12N2O2S. The minimum Gasteiger partial charge on any atom is -0.449 e. The molecule has 0 bridgehead atoms. The van der Waals surface area contributed by atoms with Crippen molar-refractivity contribution in [3.63, 3.8) is 0 Å². The zero-order chi connectivity index (χ0) is 14.9. The fourth-order valence-corrected chi connectivity index (χ4v) is 3.19. The summed E-state index contributed by atoms with van der Waals surface area (Å²) in [5.74, 6) is 0.755. The number of thioether (sulfide) groups is 1. The maximum atomic E-state index is 12.2. The van der Waals surface area contributed by atoms with E-state index in [9.17, 15) is 4.79 Å². The summed E-state index contributed by atoms with van der Waals surface area (Å²) in [5, 5.41) is 1.47. The molecule has 4 aromatic rings. The summed E-state index contributed by atoms with van der Waals surface area (Å²) in [4.78, 5) is 19.5. The minimum atomic E-state index is -0.239. The van der Waals surface area contributed by atoms with Gasteiger partial charge in [0.25, 0.3) is 5.56 Å². The highest BCUT2D eigenvalue weighted by Crippen LogP contribution is 2.26. The van der Waals surface area contributed by atoms with Crippen molar-refractivity contribution in [2.45, 2.75) is 10.9 Å². The minimum absolute atomic E-state index is 0.239. The number of benzene rings is 2. The Morgan fingerprint density at radius 3 is 2.68 bits per heavy atom. The maximum Gasteiger partial charge on any atom is 0.295 e. The lowest BCUT2D eigenvalue weighted by Crippen LogP contribution is -2.07. The number of aromatic amines is 1. The van der Waals surface area contributed by atoms with E-state index in [4.69, 9.17) is 4.42 Å². The van der Waals surface area contributed by atoms with Gasteiger partial charge in [0.15, 0.2) is 5.16 Å². The molecule has 0 aliphatic rings. The van der Waals surface area contributed by atoms with Gasteiger partial charge in [0.1, 0.15) is 11.1 Å². The van der Waals surface area contributed by atoms with Gasteiger partial charge < -0.3 is 4.42 Å². The van der Waals surface area contributed by atoms with Gasteiger partial charge >= 0.3 is 0 Å². The Labute approximate surface area is 130 Å². The lowest BCUT2D eigenvalue weighted by Gasteiger charge is -2.01. The maximum absolute atomic E-state index is 12.2. The number of nitrogens with one attached hydrogen (secondary N) is 1. The van der Waals surface area contributed by atoms with Crippen molar-refractivity contribution < 1.29 is 4.42 Å². The highest BCUT2D eigenvalue weighted by Gasteiger charge is 2.12. The van der Waals surface area contributed by atoms with Crippen LogP contribution < -0.4 is 5.56 Å². The molecule has 4 nitrogen and oxygen atoms in total. The van der Waals surface area contributed by atoms with Gasteiger partial charge in [-0.3, -0.25) is 9.78 Å². The van der Waals surface area contributed by atoms with Crippen LogP contribution in [0.4, 0.5) is 0 Å². The smallest absolute Gasteiger partial charge is 0.295 e. The first-order valence-corrected chi connectivity index (χ1v) is 7.88. The first-order valence-electron chi connectivity index (χ1n) is 6.89. The Kier molecular flexibility index (Phi) is 3.20. The van der Waals surface area contributed by atoms with Crippen molar-refractivity contribution in [3.8, 4) is 0 Å². The van der Waals surface area contributed by atoms with Gasteiger partial charge in [-0.25, -0.2) is 4.98 Å². The van der Waals surface area contributed by atoms with Crippen molar-refractivity contribution in [2.75, 3.05) is 0 Å². The number of para-hydroxylation sites is 1. The molecule has 0 aliphatic carbocycles. The van der Waals surface area contributed by atoms with E-state index in [0.717, 1.165) is 11.1 Å². The van der Waals surface area contributed by atoms with Gasteiger partial charge in [-0.1, -0.05) is 54.2 Å². The number of aromatic nitrogens is 2. The summed E-state index contributed by atoms with van der Waals surface area (Å²) in [6, 6.07) is 17.6. The summed E-state index contributed by atoms with van der Waals surface area (Å²) < 4.78 is 5.59. The van der Waals surface area contributed by atoms with Crippen LogP contribution in [0.2, 0.25) is 0 Å². The first-order chi connectivity index (χ1) is 10.8. The second-order valence-electron chi connectivity index (χ2n) is 4.92. The lowest BCUT2D eigenvalue weighted by molar-refractivity contribution is 0.658. The second kappa shape index (κ2) is 5.35. The van der Waals surface area contributed by atoms with Gasteiger partial charge in [-0.15, -0.1) is 0 Å². The Bertz CT molecular complexity index is 1010. The van der Waals surface area contributed by atoms with Crippen molar-refractivity contribution in [3.05, 3.63) is 70.5 Å². The van der Waals surface area contributed by atoms with Gasteiger partial charge in [0, 0.05) is 11.1 Å². The topological polar surface area (TPSA) is 58.9 Å². The molecule has 1 N–H and O–H groups in total. The highest BCUT2D eigenvalue weighted by molar-refractivity contribution is 7.98. The van der Waals surface area contributed by atoms with Gasteiger partial charge in [0.2, 0.25) is 5.58 Å². The van der Waals surface area contributed by atoms with Crippen LogP contribution in [0.5, 0.6) is 0 Å². The number of hydrogen-bond acceptors (Lipinski definition) is 4. The van der Waals surface area contributed by atoms with Crippen LogP contribution in [-0.4, -0.2) is 9.97 Å². The molecular weight excluding hydrogens is 296 g/mol. The molecule has 0 fully saturated rings. The molecule has 2 aromatic carbocycles. The summed E-state index contributed by atoms with van der Waals surface area (Å²) in [7, 11) is 0. The van der Waals surface area contributed by atoms with Gasteiger partial charge in [-0.2, -0.15) is 0 Å². The number of fused-ring (bicyclic) bond motifs is 3.